The lowest BCUT2D eigenvalue weighted by Crippen LogP contribution is -2.57. The first-order chi connectivity index (χ1) is 14.9. The number of likely N-dealkylation sites (N-methyl/N-ethyl adjacent to an activating group) is 1. The number of fused-ring (bicyclic) bond motifs is 1. The number of piperazine rings is 1. The molecule has 0 aliphatic carbocycles. The Bertz CT molecular complexity index is 980. The van der Waals surface area contributed by atoms with Crippen LogP contribution in [0, 0.1) is 0 Å². The minimum atomic E-state index is -0.555. The first-order valence-electron chi connectivity index (χ1n) is 9.96. The van der Waals surface area contributed by atoms with E-state index in [2.05, 4.69) is 9.88 Å². The molecule has 1 aromatic heterocycles. The molecule has 1 fully saturated rings. The number of ether oxygens (including phenoxy) is 1. The molecule has 1 aromatic carbocycles. The van der Waals surface area contributed by atoms with Crippen LogP contribution in [0.15, 0.2) is 36.4 Å². The van der Waals surface area contributed by atoms with Gasteiger partial charge >= 0.3 is 0 Å². The molecule has 1 unspecified atom stereocenters. The van der Waals surface area contributed by atoms with Crippen molar-refractivity contribution < 1.29 is 24.2 Å². The Morgan fingerprint density at radius 1 is 1.23 bits per heavy atom. The highest BCUT2D eigenvalue weighted by Gasteiger charge is 2.36. The molecule has 0 spiro atoms. The Balaban J connectivity index is 0.000000858. The molecule has 0 bridgehead atoms. The normalized spacial score (nSPS) is 17.6. The summed E-state index contributed by atoms with van der Waals surface area (Å²) in [6.45, 7) is 3.32. The van der Waals surface area contributed by atoms with Gasteiger partial charge in [-0.15, -0.1) is 0 Å². The predicted octanol–water partition coefficient (Wildman–Crippen LogP) is 1.66. The molecule has 164 valence electrons. The lowest BCUT2D eigenvalue weighted by Gasteiger charge is -2.39. The second-order valence-corrected chi connectivity index (χ2v) is 7.32. The van der Waals surface area contributed by atoms with Crippen molar-refractivity contribution in [3.8, 4) is 5.75 Å². The van der Waals surface area contributed by atoms with Gasteiger partial charge in [0, 0.05) is 38.4 Å². The van der Waals surface area contributed by atoms with E-state index < -0.39 is 6.04 Å². The van der Waals surface area contributed by atoms with E-state index in [1.165, 1.54) is 0 Å². The predicted molar refractivity (Wildman–Crippen MR) is 116 cm³/mol. The second kappa shape index (κ2) is 9.46. The number of aromatic nitrogens is 1. The maximum atomic E-state index is 13.1. The summed E-state index contributed by atoms with van der Waals surface area (Å²) in [5.41, 5.74) is 2.33. The zero-order valence-corrected chi connectivity index (χ0v) is 17.8. The summed E-state index contributed by atoms with van der Waals surface area (Å²) in [7, 11) is 3.58. The number of benzene rings is 1. The average Bonchev–Trinajstić information content (AvgIpc) is 3.16. The van der Waals surface area contributed by atoms with E-state index in [1.807, 2.05) is 37.4 Å². The number of methoxy groups -OCH3 is 1. The number of anilines is 2. The summed E-state index contributed by atoms with van der Waals surface area (Å²) in [5.74, 6) is 1.25. The van der Waals surface area contributed by atoms with Gasteiger partial charge in [0.2, 0.25) is 5.91 Å². The minimum absolute atomic E-state index is 0.105. The van der Waals surface area contributed by atoms with E-state index in [-0.39, 0.29) is 18.3 Å². The first kappa shape index (κ1) is 22.1. The highest BCUT2D eigenvalue weighted by molar-refractivity contribution is 6.03. The van der Waals surface area contributed by atoms with Crippen LogP contribution >= 0.6 is 0 Å². The largest absolute Gasteiger partial charge is 0.497 e. The fraction of sp³-hybridized carbons (Fsp3) is 0.364. The van der Waals surface area contributed by atoms with Gasteiger partial charge in [0.15, 0.2) is 0 Å². The third-order valence-electron chi connectivity index (χ3n) is 5.53. The molecule has 1 atom stereocenters. The lowest BCUT2D eigenvalue weighted by molar-refractivity contribution is -0.124. The van der Waals surface area contributed by atoms with Crippen LogP contribution in [0.3, 0.4) is 0 Å². The maximum Gasteiger partial charge on any atom is 0.290 e. The molecule has 1 saturated heterocycles. The van der Waals surface area contributed by atoms with Crippen molar-refractivity contribution in [1.29, 1.82) is 0 Å². The monoisotopic (exact) mass is 426 g/mol. The van der Waals surface area contributed by atoms with Gasteiger partial charge in [-0.2, -0.15) is 0 Å². The van der Waals surface area contributed by atoms with Gasteiger partial charge in [0.05, 0.1) is 7.11 Å². The summed E-state index contributed by atoms with van der Waals surface area (Å²) < 4.78 is 5.26. The highest BCUT2D eigenvalue weighted by Crippen LogP contribution is 2.27. The summed E-state index contributed by atoms with van der Waals surface area (Å²) in [5, 5.41) is 6.89. The number of rotatable bonds is 3. The number of pyridine rings is 1. The molecule has 0 saturated carbocycles. The SMILES string of the molecule is COc1cccc(N2CCN(C(=O)c3ccc4c(n3)N(C)CC4)C(C)C2=O)c1.O=CO. The van der Waals surface area contributed by atoms with Crippen molar-refractivity contribution >= 4 is 29.8 Å². The molecule has 2 aliphatic rings. The Kier molecular flexibility index (Phi) is 6.74. The molecular formula is C22H26N4O5. The van der Waals surface area contributed by atoms with Crippen molar-refractivity contribution in [2.45, 2.75) is 19.4 Å². The van der Waals surface area contributed by atoms with Crippen LogP contribution in [-0.4, -0.2) is 73.1 Å². The average molecular weight is 426 g/mol. The number of carbonyl (C=O) groups excluding carboxylic acids is 2. The third-order valence-corrected chi connectivity index (χ3v) is 5.53. The number of nitrogens with zero attached hydrogens (tertiary/aromatic N) is 4. The zero-order valence-electron chi connectivity index (χ0n) is 17.8. The molecule has 2 amide bonds. The fourth-order valence-corrected chi connectivity index (χ4v) is 3.85. The summed E-state index contributed by atoms with van der Waals surface area (Å²) in [6.07, 6.45) is 0.946. The van der Waals surface area contributed by atoms with Crippen molar-refractivity contribution in [1.82, 2.24) is 9.88 Å². The minimum Gasteiger partial charge on any atom is -0.497 e. The summed E-state index contributed by atoms with van der Waals surface area (Å²) in [6, 6.07) is 10.6. The number of hydrogen-bond acceptors (Lipinski definition) is 6. The molecule has 4 rings (SSSR count). The molecule has 9 heteroatoms. The van der Waals surface area contributed by atoms with Crippen LogP contribution in [-0.2, 0) is 16.0 Å². The Morgan fingerprint density at radius 2 is 1.97 bits per heavy atom. The molecular weight excluding hydrogens is 400 g/mol. The Labute approximate surface area is 180 Å². The molecule has 1 N–H and O–H groups in total. The second-order valence-electron chi connectivity index (χ2n) is 7.32. The third kappa shape index (κ3) is 4.45. The molecule has 0 radical (unpaired) electrons. The van der Waals surface area contributed by atoms with Crippen molar-refractivity contribution in [2.24, 2.45) is 0 Å². The van der Waals surface area contributed by atoms with Gasteiger partial charge < -0.3 is 24.5 Å². The maximum absolute atomic E-state index is 13.1. The number of hydrogen-bond donors (Lipinski definition) is 1. The van der Waals surface area contributed by atoms with Gasteiger partial charge in [-0.1, -0.05) is 12.1 Å². The fourth-order valence-electron chi connectivity index (χ4n) is 3.85. The highest BCUT2D eigenvalue weighted by atomic mass is 16.5. The van der Waals surface area contributed by atoms with E-state index >= 15 is 0 Å². The summed E-state index contributed by atoms with van der Waals surface area (Å²) in [4.78, 5) is 44.3. The number of carboxylic acid groups (broad SMARTS) is 1. The standard InChI is InChI=1S/C21H24N4O3.CH2O2/c1-14-20(26)25(16-5-4-6-17(13-16)28-3)12-11-24(14)21(27)18-8-7-15-9-10-23(2)19(15)22-18;2-1-3/h4-8,13-14H,9-12H2,1-3H3;1H,(H,2,3). The van der Waals surface area contributed by atoms with Gasteiger partial charge in [-0.25, -0.2) is 4.98 Å². The van der Waals surface area contributed by atoms with Gasteiger partial charge in [0.1, 0.15) is 23.3 Å². The van der Waals surface area contributed by atoms with Crippen LogP contribution in [0.4, 0.5) is 11.5 Å². The van der Waals surface area contributed by atoms with E-state index in [0.717, 1.165) is 30.0 Å². The van der Waals surface area contributed by atoms with E-state index in [0.29, 0.717) is 24.5 Å². The Hall–Kier alpha value is -3.62. The Morgan fingerprint density at radius 3 is 2.68 bits per heavy atom. The number of amides is 2. The molecule has 31 heavy (non-hydrogen) atoms. The smallest absolute Gasteiger partial charge is 0.290 e. The molecule has 2 aromatic rings. The van der Waals surface area contributed by atoms with Crippen molar-refractivity contribution in [2.75, 3.05) is 43.6 Å². The lowest BCUT2D eigenvalue weighted by atomic mass is 10.1. The first-order valence-corrected chi connectivity index (χ1v) is 9.96. The zero-order chi connectivity index (χ0) is 22.5. The topological polar surface area (TPSA) is 103 Å². The van der Waals surface area contributed by atoms with E-state index in [1.54, 1.807) is 29.9 Å². The van der Waals surface area contributed by atoms with Gasteiger partial charge in [-0.3, -0.25) is 14.4 Å². The van der Waals surface area contributed by atoms with E-state index in [9.17, 15) is 9.59 Å². The van der Waals surface area contributed by atoms with Crippen LogP contribution < -0.4 is 14.5 Å². The van der Waals surface area contributed by atoms with Crippen LogP contribution in [0.1, 0.15) is 23.0 Å². The van der Waals surface area contributed by atoms with Gasteiger partial charge in [-0.05, 0) is 37.1 Å². The van der Waals surface area contributed by atoms with Crippen LogP contribution in [0.5, 0.6) is 5.75 Å². The number of carbonyl (C=O) groups is 3. The molecule has 2 aliphatic heterocycles. The molecule has 9 nitrogen and oxygen atoms in total. The van der Waals surface area contributed by atoms with Gasteiger partial charge in [0.25, 0.3) is 12.4 Å². The van der Waals surface area contributed by atoms with Crippen molar-refractivity contribution in [3.63, 3.8) is 0 Å². The summed E-state index contributed by atoms with van der Waals surface area (Å²) >= 11 is 0. The van der Waals surface area contributed by atoms with Crippen molar-refractivity contribution in [3.05, 3.63) is 47.7 Å². The van der Waals surface area contributed by atoms with E-state index in [4.69, 9.17) is 14.6 Å². The quantitative estimate of drug-likeness (QED) is 0.745. The molecule has 3 heterocycles. The van der Waals surface area contributed by atoms with Crippen LogP contribution in [0.25, 0.3) is 0 Å². The van der Waals surface area contributed by atoms with Crippen LogP contribution in [0.2, 0.25) is 0 Å².